The monoisotopic (exact) mass is 473 g/mol. The lowest BCUT2D eigenvalue weighted by Gasteiger charge is -2.11. The number of aryl methyl sites for hydroxylation is 1. The number of rotatable bonds is 7. The van der Waals surface area contributed by atoms with E-state index in [1.807, 2.05) is 20.8 Å². The second-order valence-corrected chi connectivity index (χ2v) is 10.1. The lowest BCUT2D eigenvalue weighted by Crippen LogP contribution is -2.15. The number of carbonyl (C=O) groups excluding carboxylic acids is 1. The molecule has 0 aliphatic carbocycles. The Morgan fingerprint density at radius 1 is 1.19 bits per heavy atom. The molecule has 8 nitrogen and oxygen atoms in total. The summed E-state index contributed by atoms with van der Waals surface area (Å²) in [5.74, 6) is -0.224. The minimum Gasteiger partial charge on any atom is -0.325 e. The zero-order valence-electron chi connectivity index (χ0n) is 17.0. The number of nitriles is 1. The lowest BCUT2D eigenvalue weighted by molar-refractivity contribution is -0.113. The van der Waals surface area contributed by atoms with Gasteiger partial charge in [0, 0.05) is 23.0 Å². The number of nitrogens with one attached hydrogen (secondary N) is 2. The van der Waals surface area contributed by atoms with Gasteiger partial charge in [0.1, 0.15) is 11.1 Å². The van der Waals surface area contributed by atoms with Crippen molar-refractivity contribution in [3.05, 3.63) is 58.2 Å². The maximum atomic E-state index is 12.4. The number of benzene rings is 1. The van der Waals surface area contributed by atoms with E-state index in [1.165, 1.54) is 53.6 Å². The predicted molar refractivity (Wildman–Crippen MR) is 122 cm³/mol. The molecule has 1 amide bonds. The van der Waals surface area contributed by atoms with Crippen molar-refractivity contribution in [2.75, 3.05) is 15.8 Å². The zero-order chi connectivity index (χ0) is 22.6. The number of carbonyl (C=O) groups is 1. The fourth-order valence-corrected chi connectivity index (χ4v) is 5.32. The molecule has 0 unspecified atom stereocenters. The molecule has 0 spiro atoms. The molecule has 0 saturated heterocycles. The molecule has 2 aromatic heterocycles. The van der Waals surface area contributed by atoms with Gasteiger partial charge >= 0.3 is 0 Å². The molecule has 160 valence electrons. The van der Waals surface area contributed by atoms with Crippen molar-refractivity contribution < 1.29 is 13.2 Å². The van der Waals surface area contributed by atoms with Gasteiger partial charge in [0.15, 0.2) is 5.13 Å². The first kappa shape index (κ1) is 22.7. The van der Waals surface area contributed by atoms with Gasteiger partial charge in [0.25, 0.3) is 10.0 Å². The van der Waals surface area contributed by atoms with Crippen molar-refractivity contribution >= 4 is 49.8 Å². The fourth-order valence-electron chi connectivity index (χ4n) is 2.64. The van der Waals surface area contributed by atoms with E-state index in [1.54, 1.807) is 5.38 Å². The Labute approximate surface area is 188 Å². The van der Waals surface area contributed by atoms with Gasteiger partial charge in [0.2, 0.25) is 5.91 Å². The van der Waals surface area contributed by atoms with Crippen molar-refractivity contribution in [2.45, 2.75) is 30.7 Å². The smallest absolute Gasteiger partial charge is 0.263 e. The number of hydrogen-bond acceptors (Lipinski definition) is 8. The summed E-state index contributed by atoms with van der Waals surface area (Å²) in [5, 5.41) is 14.6. The van der Waals surface area contributed by atoms with Crippen LogP contribution in [0.2, 0.25) is 0 Å². The van der Waals surface area contributed by atoms with Crippen LogP contribution >= 0.6 is 23.1 Å². The number of pyridine rings is 1. The van der Waals surface area contributed by atoms with Crippen molar-refractivity contribution in [1.82, 2.24) is 9.97 Å². The number of amides is 1. The van der Waals surface area contributed by atoms with E-state index in [0.717, 1.165) is 16.8 Å². The van der Waals surface area contributed by atoms with E-state index >= 15 is 0 Å². The minimum atomic E-state index is -3.75. The predicted octanol–water partition coefficient (Wildman–Crippen LogP) is 3.87. The molecule has 0 radical (unpaired) electrons. The van der Waals surface area contributed by atoms with Crippen LogP contribution in [0, 0.1) is 32.1 Å². The van der Waals surface area contributed by atoms with Crippen molar-refractivity contribution in [1.29, 1.82) is 5.26 Å². The van der Waals surface area contributed by atoms with Crippen LogP contribution in [0.5, 0.6) is 0 Å². The van der Waals surface area contributed by atoms with Gasteiger partial charge in [-0.1, -0.05) is 11.8 Å². The molecule has 0 fully saturated rings. The third-order valence-electron chi connectivity index (χ3n) is 4.52. The van der Waals surface area contributed by atoms with E-state index in [-0.39, 0.29) is 21.7 Å². The SMILES string of the molecule is Cc1nc(SCC(=O)Nc2ccc(S(=O)(=O)Nc3nccs3)cc2)c(C#N)c(C)c1C. The van der Waals surface area contributed by atoms with Crippen molar-refractivity contribution in [3.8, 4) is 6.07 Å². The Balaban J connectivity index is 1.64. The van der Waals surface area contributed by atoms with Gasteiger partial charge in [-0.3, -0.25) is 9.52 Å². The number of anilines is 2. The molecule has 2 N–H and O–H groups in total. The minimum absolute atomic E-state index is 0.0588. The van der Waals surface area contributed by atoms with Gasteiger partial charge in [-0.05, 0) is 56.2 Å². The number of hydrogen-bond donors (Lipinski definition) is 2. The summed E-state index contributed by atoms with van der Waals surface area (Å²) in [6.07, 6.45) is 1.51. The normalized spacial score (nSPS) is 11.0. The molecule has 3 rings (SSSR count). The first-order chi connectivity index (χ1) is 14.7. The van der Waals surface area contributed by atoms with Crippen molar-refractivity contribution in [2.24, 2.45) is 0 Å². The Kier molecular flexibility index (Phi) is 6.94. The summed E-state index contributed by atoms with van der Waals surface area (Å²) in [7, 11) is -3.75. The molecule has 0 atom stereocenters. The highest BCUT2D eigenvalue weighted by atomic mass is 32.2. The molecule has 0 bridgehead atoms. The molecule has 0 saturated carbocycles. The highest BCUT2D eigenvalue weighted by Crippen LogP contribution is 2.26. The van der Waals surface area contributed by atoms with Gasteiger partial charge in [-0.15, -0.1) is 11.3 Å². The number of sulfonamides is 1. The molecule has 3 aromatic rings. The van der Waals surface area contributed by atoms with Crippen molar-refractivity contribution in [3.63, 3.8) is 0 Å². The second-order valence-electron chi connectivity index (χ2n) is 6.54. The maximum absolute atomic E-state index is 12.4. The zero-order valence-corrected chi connectivity index (χ0v) is 19.4. The Morgan fingerprint density at radius 3 is 2.52 bits per heavy atom. The standard InChI is InChI=1S/C20H19N5O3S3/c1-12-13(2)17(10-21)19(23-14(12)3)30-11-18(26)24-15-4-6-16(7-5-15)31(27,28)25-20-22-8-9-29-20/h4-9H,11H2,1-3H3,(H,22,25)(H,24,26). The summed E-state index contributed by atoms with van der Waals surface area (Å²) in [6.45, 7) is 5.65. The number of aromatic nitrogens is 2. The maximum Gasteiger partial charge on any atom is 0.263 e. The van der Waals surface area contributed by atoms with Crippen LogP contribution in [-0.2, 0) is 14.8 Å². The summed E-state index contributed by atoms with van der Waals surface area (Å²) < 4.78 is 27.1. The van der Waals surface area contributed by atoms with E-state index < -0.39 is 10.0 Å². The van der Waals surface area contributed by atoms with Crippen LogP contribution in [-0.4, -0.2) is 30.0 Å². The molecule has 31 heavy (non-hydrogen) atoms. The van der Waals surface area contributed by atoms with Gasteiger partial charge in [-0.25, -0.2) is 18.4 Å². The summed E-state index contributed by atoms with van der Waals surface area (Å²) in [6, 6.07) is 7.99. The summed E-state index contributed by atoms with van der Waals surface area (Å²) in [4.78, 5) is 20.7. The molecular weight excluding hydrogens is 454 g/mol. The topological polar surface area (TPSA) is 125 Å². The molecule has 1 aromatic carbocycles. The van der Waals surface area contributed by atoms with Crippen LogP contribution in [0.3, 0.4) is 0 Å². The molecular formula is C20H19N5O3S3. The third kappa shape index (κ3) is 5.41. The van der Waals surface area contributed by atoms with E-state index in [2.05, 4.69) is 26.1 Å². The largest absolute Gasteiger partial charge is 0.325 e. The second kappa shape index (κ2) is 9.47. The van der Waals surface area contributed by atoms with Gasteiger partial charge in [-0.2, -0.15) is 5.26 Å². The van der Waals surface area contributed by atoms with E-state index in [9.17, 15) is 18.5 Å². The molecule has 0 aliphatic rings. The van der Waals surface area contributed by atoms with Crippen LogP contribution in [0.4, 0.5) is 10.8 Å². The number of thiazole rings is 1. The first-order valence-corrected chi connectivity index (χ1v) is 12.4. The first-order valence-electron chi connectivity index (χ1n) is 9.04. The number of thioether (sulfide) groups is 1. The van der Waals surface area contributed by atoms with Crippen LogP contribution in [0.15, 0.2) is 45.8 Å². The highest BCUT2D eigenvalue weighted by molar-refractivity contribution is 8.00. The summed E-state index contributed by atoms with van der Waals surface area (Å²) >= 11 is 2.37. The Morgan fingerprint density at radius 2 is 1.90 bits per heavy atom. The molecule has 2 heterocycles. The average Bonchev–Trinajstić information content (AvgIpc) is 3.23. The third-order valence-corrected chi connectivity index (χ3v) is 7.67. The fraction of sp³-hybridized carbons (Fsp3) is 0.200. The van der Waals surface area contributed by atoms with Crippen LogP contribution in [0.1, 0.15) is 22.4 Å². The molecule has 0 aliphatic heterocycles. The highest BCUT2D eigenvalue weighted by Gasteiger charge is 2.17. The van der Waals surface area contributed by atoms with Gasteiger partial charge in [0.05, 0.1) is 16.2 Å². The lowest BCUT2D eigenvalue weighted by atomic mass is 10.1. The van der Waals surface area contributed by atoms with E-state index in [4.69, 9.17) is 0 Å². The quantitative estimate of drug-likeness (QED) is 0.499. The molecule has 11 heteroatoms. The number of nitrogens with zero attached hydrogens (tertiary/aromatic N) is 3. The average molecular weight is 474 g/mol. The van der Waals surface area contributed by atoms with Crippen LogP contribution < -0.4 is 10.0 Å². The Hall–Kier alpha value is -2.94. The van der Waals surface area contributed by atoms with E-state index in [0.29, 0.717) is 16.3 Å². The van der Waals surface area contributed by atoms with Crippen LogP contribution in [0.25, 0.3) is 0 Å². The Bertz CT molecular complexity index is 1250. The van der Waals surface area contributed by atoms with Gasteiger partial charge < -0.3 is 5.32 Å². The summed E-state index contributed by atoms with van der Waals surface area (Å²) in [5.41, 5.74) is 3.58.